The molecule has 2 aromatic carbocycles. The molecule has 2 aromatic rings. The molecule has 0 bridgehead atoms. The van der Waals surface area contributed by atoms with Gasteiger partial charge in [-0.15, -0.1) is 0 Å². The van der Waals surface area contributed by atoms with Gasteiger partial charge in [-0.05, 0) is 24.3 Å². The van der Waals surface area contributed by atoms with Gasteiger partial charge >= 0.3 is 5.97 Å². The number of carbonyl (C=O) groups is 1. The van der Waals surface area contributed by atoms with E-state index in [9.17, 15) is 9.90 Å². The van der Waals surface area contributed by atoms with E-state index in [0.29, 0.717) is 11.5 Å². The van der Waals surface area contributed by atoms with E-state index >= 15 is 0 Å². The molecule has 6 nitrogen and oxygen atoms in total. The number of carbonyl (C=O) groups excluding carboxylic acids is 1. The minimum atomic E-state index is -0.586. The van der Waals surface area contributed by atoms with E-state index in [0.717, 1.165) is 0 Å². The Balaban J connectivity index is 2.44. The second-order valence-corrected chi connectivity index (χ2v) is 4.27. The topological polar surface area (TPSA) is 74.2 Å². The van der Waals surface area contributed by atoms with Crippen molar-refractivity contribution in [2.45, 2.75) is 0 Å². The van der Waals surface area contributed by atoms with Crippen LogP contribution in [-0.4, -0.2) is 32.4 Å². The summed E-state index contributed by atoms with van der Waals surface area (Å²) in [6, 6.07) is 9.65. The van der Waals surface area contributed by atoms with Gasteiger partial charge in [0, 0.05) is 0 Å². The third-order valence-corrected chi connectivity index (χ3v) is 2.96. The van der Waals surface area contributed by atoms with Crippen molar-refractivity contribution in [3.8, 4) is 28.7 Å². The van der Waals surface area contributed by atoms with Gasteiger partial charge < -0.3 is 24.1 Å². The molecular weight excluding hydrogens is 288 g/mol. The summed E-state index contributed by atoms with van der Waals surface area (Å²) in [6.45, 7) is 0. The third kappa shape index (κ3) is 3.06. The Bertz CT molecular complexity index is 680. The van der Waals surface area contributed by atoms with Crippen LogP contribution in [0.4, 0.5) is 0 Å². The summed E-state index contributed by atoms with van der Waals surface area (Å²) in [5, 5.41) is 10.1. The maximum Gasteiger partial charge on any atom is 0.338 e. The predicted molar refractivity (Wildman–Crippen MR) is 79.1 cm³/mol. The van der Waals surface area contributed by atoms with Crippen LogP contribution < -0.4 is 14.2 Å². The zero-order valence-electron chi connectivity index (χ0n) is 12.5. The quantitative estimate of drug-likeness (QED) is 0.856. The minimum Gasteiger partial charge on any atom is -0.504 e. The summed E-state index contributed by atoms with van der Waals surface area (Å²) in [4.78, 5) is 11.6. The summed E-state index contributed by atoms with van der Waals surface area (Å²) < 4.78 is 20.7. The molecule has 1 N–H and O–H groups in total. The number of esters is 1. The average molecular weight is 304 g/mol. The largest absolute Gasteiger partial charge is 0.504 e. The highest BCUT2D eigenvalue weighted by atomic mass is 16.5. The van der Waals surface area contributed by atoms with Crippen LogP contribution in [0.5, 0.6) is 28.7 Å². The van der Waals surface area contributed by atoms with Gasteiger partial charge in [-0.2, -0.15) is 0 Å². The molecule has 0 aromatic heterocycles. The maximum atomic E-state index is 11.6. The second-order valence-electron chi connectivity index (χ2n) is 4.27. The molecular formula is C16H16O6. The van der Waals surface area contributed by atoms with E-state index in [1.807, 2.05) is 0 Å². The monoisotopic (exact) mass is 304 g/mol. The molecule has 0 spiro atoms. The molecule has 22 heavy (non-hydrogen) atoms. The van der Waals surface area contributed by atoms with Crippen LogP contribution in [0.3, 0.4) is 0 Å². The number of hydrogen-bond donors (Lipinski definition) is 1. The normalized spacial score (nSPS) is 9.95. The number of ether oxygens (including phenoxy) is 4. The van der Waals surface area contributed by atoms with E-state index in [2.05, 4.69) is 4.74 Å². The first-order valence-corrected chi connectivity index (χ1v) is 6.41. The van der Waals surface area contributed by atoms with Gasteiger partial charge in [-0.25, -0.2) is 4.79 Å². The van der Waals surface area contributed by atoms with Gasteiger partial charge in [0.05, 0.1) is 26.9 Å². The Kier molecular flexibility index (Phi) is 4.73. The lowest BCUT2D eigenvalue weighted by Crippen LogP contribution is -2.02. The fourth-order valence-electron chi connectivity index (χ4n) is 1.89. The molecule has 0 amide bonds. The van der Waals surface area contributed by atoms with Crippen molar-refractivity contribution in [2.75, 3.05) is 21.3 Å². The van der Waals surface area contributed by atoms with Crippen molar-refractivity contribution < 1.29 is 28.8 Å². The van der Waals surface area contributed by atoms with Gasteiger partial charge in [-0.1, -0.05) is 12.1 Å². The lowest BCUT2D eigenvalue weighted by atomic mass is 10.2. The molecule has 2 rings (SSSR count). The number of methoxy groups -OCH3 is 3. The first-order valence-electron chi connectivity index (χ1n) is 6.41. The number of para-hydroxylation sites is 2. The molecule has 0 atom stereocenters. The van der Waals surface area contributed by atoms with Crippen LogP contribution in [0.25, 0.3) is 0 Å². The van der Waals surface area contributed by atoms with Crippen LogP contribution in [0.1, 0.15) is 10.4 Å². The molecule has 0 unspecified atom stereocenters. The summed E-state index contributed by atoms with van der Waals surface area (Å²) in [6.07, 6.45) is 0. The van der Waals surface area contributed by atoms with E-state index in [1.165, 1.54) is 33.5 Å². The van der Waals surface area contributed by atoms with E-state index in [4.69, 9.17) is 14.2 Å². The maximum absolute atomic E-state index is 11.6. The average Bonchev–Trinajstić information content (AvgIpc) is 2.55. The standard InChI is InChI=1S/C16H16O6/c1-19-12-6-4-5-7-13(12)22-15-11(17)8-10(16(18)21-3)9-14(15)20-2/h4-9,17H,1-3H3. The number of rotatable bonds is 5. The van der Waals surface area contributed by atoms with E-state index in [-0.39, 0.29) is 22.8 Å². The fourth-order valence-corrected chi connectivity index (χ4v) is 1.89. The first-order chi connectivity index (χ1) is 10.6. The summed E-state index contributed by atoms with van der Waals surface area (Å²) >= 11 is 0. The smallest absolute Gasteiger partial charge is 0.338 e. The summed E-state index contributed by atoms with van der Waals surface area (Å²) in [5.74, 6) is 0.361. The van der Waals surface area contributed by atoms with Gasteiger partial charge in [0.2, 0.25) is 5.75 Å². The van der Waals surface area contributed by atoms with Crippen LogP contribution in [0, 0.1) is 0 Å². The number of phenolic OH excluding ortho intramolecular Hbond substituents is 1. The molecule has 116 valence electrons. The van der Waals surface area contributed by atoms with E-state index in [1.54, 1.807) is 24.3 Å². The molecule has 0 fully saturated rings. The first kappa shape index (κ1) is 15.5. The molecule has 0 radical (unpaired) electrons. The van der Waals surface area contributed by atoms with Crippen molar-refractivity contribution in [3.05, 3.63) is 42.0 Å². The Morgan fingerprint density at radius 2 is 1.59 bits per heavy atom. The molecule has 0 saturated carbocycles. The summed E-state index contributed by atoms with van der Waals surface area (Å²) in [7, 11) is 4.18. The zero-order chi connectivity index (χ0) is 16.1. The van der Waals surface area contributed by atoms with E-state index < -0.39 is 5.97 Å². The molecule has 0 aliphatic carbocycles. The highest BCUT2D eigenvalue weighted by Crippen LogP contribution is 2.42. The van der Waals surface area contributed by atoms with Crippen molar-refractivity contribution in [1.82, 2.24) is 0 Å². The molecule has 0 saturated heterocycles. The number of hydrogen-bond acceptors (Lipinski definition) is 6. The number of aromatic hydroxyl groups is 1. The van der Waals surface area contributed by atoms with Gasteiger partial charge in [-0.3, -0.25) is 0 Å². The fraction of sp³-hybridized carbons (Fsp3) is 0.188. The molecule has 0 heterocycles. The molecule has 0 aliphatic rings. The van der Waals surface area contributed by atoms with Crippen molar-refractivity contribution in [3.63, 3.8) is 0 Å². The predicted octanol–water partition coefficient (Wildman–Crippen LogP) is 2.99. The molecule has 6 heteroatoms. The second kappa shape index (κ2) is 6.71. The van der Waals surface area contributed by atoms with Gasteiger partial charge in [0.25, 0.3) is 0 Å². The Labute approximate surface area is 127 Å². The SMILES string of the molecule is COC(=O)c1cc(O)c(Oc2ccccc2OC)c(OC)c1. The minimum absolute atomic E-state index is 0.0830. The van der Waals surface area contributed by atoms with Crippen molar-refractivity contribution in [1.29, 1.82) is 0 Å². The van der Waals surface area contributed by atoms with Crippen LogP contribution in [0.15, 0.2) is 36.4 Å². The highest BCUT2D eigenvalue weighted by molar-refractivity contribution is 5.91. The lowest BCUT2D eigenvalue weighted by Gasteiger charge is -2.15. The number of benzene rings is 2. The Morgan fingerprint density at radius 3 is 2.18 bits per heavy atom. The third-order valence-electron chi connectivity index (χ3n) is 2.96. The van der Waals surface area contributed by atoms with Crippen molar-refractivity contribution in [2.24, 2.45) is 0 Å². The van der Waals surface area contributed by atoms with Gasteiger partial charge in [0.1, 0.15) is 0 Å². The van der Waals surface area contributed by atoms with Gasteiger partial charge in [0.15, 0.2) is 23.0 Å². The highest BCUT2D eigenvalue weighted by Gasteiger charge is 2.18. The van der Waals surface area contributed by atoms with Crippen LogP contribution in [0.2, 0.25) is 0 Å². The zero-order valence-corrected chi connectivity index (χ0v) is 12.5. The number of phenols is 1. The lowest BCUT2D eigenvalue weighted by molar-refractivity contribution is 0.0599. The Morgan fingerprint density at radius 1 is 0.955 bits per heavy atom. The summed E-state index contributed by atoms with van der Waals surface area (Å²) in [5.41, 5.74) is 0.157. The van der Waals surface area contributed by atoms with Crippen LogP contribution in [-0.2, 0) is 4.74 Å². The molecule has 0 aliphatic heterocycles. The van der Waals surface area contributed by atoms with Crippen LogP contribution >= 0.6 is 0 Å². The Hall–Kier alpha value is -2.89. The van der Waals surface area contributed by atoms with Crippen molar-refractivity contribution >= 4 is 5.97 Å².